The van der Waals surface area contributed by atoms with Gasteiger partial charge in [0.2, 0.25) is 5.13 Å². The van der Waals surface area contributed by atoms with Gasteiger partial charge in [-0.1, -0.05) is 23.5 Å². The van der Waals surface area contributed by atoms with Gasteiger partial charge in [0, 0.05) is 12.1 Å². The Kier molecular flexibility index (Phi) is 2.86. The molecule has 0 aliphatic carbocycles. The van der Waals surface area contributed by atoms with Crippen molar-refractivity contribution in [1.29, 1.82) is 0 Å². The van der Waals surface area contributed by atoms with Crippen LogP contribution >= 0.6 is 11.3 Å². The topological polar surface area (TPSA) is 37.8 Å². The first-order valence-electron chi connectivity index (χ1n) is 4.20. The van der Waals surface area contributed by atoms with Crippen molar-refractivity contribution < 1.29 is 8.78 Å². The van der Waals surface area contributed by atoms with E-state index in [0.29, 0.717) is 5.13 Å². The molecule has 1 aromatic carbocycles. The Morgan fingerprint density at radius 1 is 1.33 bits per heavy atom. The smallest absolute Gasteiger partial charge is 0.205 e. The summed E-state index contributed by atoms with van der Waals surface area (Å²) in [5.41, 5.74) is 1.83. The highest BCUT2D eigenvalue weighted by Crippen LogP contribution is 2.14. The molecule has 0 fully saturated rings. The number of aromatic nitrogens is 2. The third-order valence-corrected chi connectivity index (χ3v) is 2.47. The molecule has 2 rings (SSSR count). The van der Waals surface area contributed by atoms with E-state index in [1.54, 1.807) is 5.51 Å². The van der Waals surface area contributed by atoms with E-state index in [4.69, 9.17) is 0 Å². The molecular weight excluding hydrogens is 220 g/mol. The van der Waals surface area contributed by atoms with Gasteiger partial charge in [0.1, 0.15) is 5.51 Å². The van der Waals surface area contributed by atoms with E-state index < -0.39 is 11.6 Å². The van der Waals surface area contributed by atoms with Crippen molar-refractivity contribution in [3.63, 3.8) is 0 Å². The van der Waals surface area contributed by atoms with E-state index in [1.165, 1.54) is 23.5 Å². The van der Waals surface area contributed by atoms with Gasteiger partial charge in [-0.25, -0.2) is 8.78 Å². The summed E-state index contributed by atoms with van der Waals surface area (Å²) >= 11 is 1.30. The first-order valence-corrected chi connectivity index (χ1v) is 5.08. The quantitative estimate of drug-likeness (QED) is 0.875. The Bertz CT molecular complexity index is 445. The monoisotopic (exact) mass is 227 g/mol. The zero-order valence-corrected chi connectivity index (χ0v) is 8.39. The molecule has 0 unspecified atom stereocenters. The fourth-order valence-corrected chi connectivity index (χ4v) is 1.55. The average molecular weight is 227 g/mol. The summed E-state index contributed by atoms with van der Waals surface area (Å²) in [6.45, 7) is 0.193. The third-order valence-electron chi connectivity index (χ3n) is 1.82. The number of benzene rings is 1. The Morgan fingerprint density at radius 3 is 2.93 bits per heavy atom. The Hall–Kier alpha value is -1.56. The van der Waals surface area contributed by atoms with Crippen molar-refractivity contribution in [2.24, 2.45) is 0 Å². The number of hydrogen-bond donors (Lipinski definition) is 1. The Balaban J connectivity index is 2.08. The summed E-state index contributed by atoms with van der Waals surface area (Å²) < 4.78 is 26.0. The Labute approximate surface area is 88.8 Å². The summed E-state index contributed by atoms with van der Waals surface area (Å²) in [5.74, 6) is -1.67. The molecule has 0 radical (unpaired) electrons. The number of nitrogens with zero attached hydrogens (tertiary/aromatic N) is 2. The second-order valence-electron chi connectivity index (χ2n) is 2.81. The maximum atomic E-state index is 13.2. The van der Waals surface area contributed by atoms with Crippen LogP contribution in [0.5, 0.6) is 0 Å². The predicted molar refractivity (Wildman–Crippen MR) is 53.6 cm³/mol. The van der Waals surface area contributed by atoms with Gasteiger partial charge in [0.25, 0.3) is 0 Å². The largest absolute Gasteiger partial charge is 0.356 e. The predicted octanol–water partition coefficient (Wildman–Crippen LogP) is 2.43. The lowest BCUT2D eigenvalue weighted by Gasteiger charge is -2.03. The normalized spacial score (nSPS) is 10.3. The standard InChI is InChI=1S/C9H7F2N3S/c10-7-3-1-2-6(8(7)11)4-12-9-14-13-5-15-9/h1-3,5H,4H2,(H,12,14). The molecule has 0 aliphatic heterocycles. The molecule has 2 aromatic rings. The molecule has 1 N–H and O–H groups in total. The fourth-order valence-electron chi connectivity index (χ4n) is 1.11. The van der Waals surface area contributed by atoms with Crippen molar-refractivity contribution in [3.05, 3.63) is 40.9 Å². The lowest BCUT2D eigenvalue weighted by molar-refractivity contribution is 0.500. The van der Waals surface area contributed by atoms with Gasteiger partial charge in [-0.3, -0.25) is 0 Å². The molecule has 0 atom stereocenters. The van der Waals surface area contributed by atoms with Gasteiger partial charge >= 0.3 is 0 Å². The average Bonchev–Trinajstić information content (AvgIpc) is 2.73. The summed E-state index contributed by atoms with van der Waals surface area (Å²) in [7, 11) is 0. The van der Waals surface area contributed by atoms with Gasteiger partial charge in [-0.15, -0.1) is 10.2 Å². The number of rotatable bonds is 3. The molecule has 0 amide bonds. The molecule has 0 spiro atoms. The van der Waals surface area contributed by atoms with Crippen LogP contribution < -0.4 is 5.32 Å². The van der Waals surface area contributed by atoms with Gasteiger partial charge < -0.3 is 5.32 Å². The maximum Gasteiger partial charge on any atom is 0.205 e. The van der Waals surface area contributed by atoms with Crippen LogP contribution in [0, 0.1) is 11.6 Å². The molecule has 6 heteroatoms. The highest BCUT2D eigenvalue weighted by molar-refractivity contribution is 7.13. The lowest BCUT2D eigenvalue weighted by Crippen LogP contribution is -2.02. The summed E-state index contributed by atoms with van der Waals surface area (Å²) in [5, 5.41) is 10.8. The van der Waals surface area contributed by atoms with E-state index in [-0.39, 0.29) is 12.1 Å². The van der Waals surface area contributed by atoms with E-state index in [0.717, 1.165) is 6.07 Å². The Morgan fingerprint density at radius 2 is 2.20 bits per heavy atom. The van der Waals surface area contributed by atoms with Gasteiger partial charge in [0.05, 0.1) is 0 Å². The van der Waals surface area contributed by atoms with Gasteiger partial charge in [-0.05, 0) is 6.07 Å². The number of nitrogens with one attached hydrogen (secondary N) is 1. The zero-order valence-electron chi connectivity index (χ0n) is 7.58. The van der Waals surface area contributed by atoms with E-state index >= 15 is 0 Å². The van der Waals surface area contributed by atoms with E-state index in [2.05, 4.69) is 15.5 Å². The first kappa shape index (κ1) is 9.97. The minimum absolute atomic E-state index is 0.193. The van der Waals surface area contributed by atoms with Crippen LogP contribution in [0.25, 0.3) is 0 Å². The number of hydrogen-bond acceptors (Lipinski definition) is 4. The maximum absolute atomic E-state index is 13.2. The van der Waals surface area contributed by atoms with Crippen LogP contribution in [-0.2, 0) is 6.54 Å². The minimum atomic E-state index is -0.841. The molecular formula is C9H7F2N3S. The van der Waals surface area contributed by atoms with Crippen LogP contribution in [0.1, 0.15) is 5.56 Å². The van der Waals surface area contributed by atoms with Crippen molar-refractivity contribution in [1.82, 2.24) is 10.2 Å². The second kappa shape index (κ2) is 4.31. The van der Waals surface area contributed by atoms with Gasteiger partial charge in [0.15, 0.2) is 11.6 Å². The molecule has 0 saturated carbocycles. The summed E-state index contributed by atoms with van der Waals surface area (Å²) in [6, 6.07) is 4.08. The van der Waals surface area contributed by atoms with Crippen molar-refractivity contribution in [3.8, 4) is 0 Å². The lowest BCUT2D eigenvalue weighted by atomic mass is 10.2. The van der Waals surface area contributed by atoms with Crippen molar-refractivity contribution >= 4 is 16.5 Å². The van der Waals surface area contributed by atoms with Crippen LogP contribution in [0.15, 0.2) is 23.7 Å². The highest BCUT2D eigenvalue weighted by Gasteiger charge is 2.07. The highest BCUT2D eigenvalue weighted by atomic mass is 32.1. The summed E-state index contributed by atoms with van der Waals surface area (Å²) in [6.07, 6.45) is 0. The van der Waals surface area contributed by atoms with E-state index in [9.17, 15) is 8.78 Å². The number of halogens is 2. The molecule has 1 aromatic heterocycles. The molecule has 3 nitrogen and oxygen atoms in total. The molecule has 0 saturated heterocycles. The molecule has 1 heterocycles. The van der Waals surface area contributed by atoms with E-state index in [1.807, 2.05) is 0 Å². The zero-order chi connectivity index (χ0) is 10.7. The third kappa shape index (κ3) is 2.27. The van der Waals surface area contributed by atoms with Crippen LogP contribution in [0.3, 0.4) is 0 Å². The minimum Gasteiger partial charge on any atom is -0.356 e. The van der Waals surface area contributed by atoms with Crippen molar-refractivity contribution in [2.45, 2.75) is 6.54 Å². The molecule has 78 valence electrons. The SMILES string of the molecule is Fc1cccc(CNc2nncs2)c1F. The molecule has 0 bridgehead atoms. The molecule has 0 aliphatic rings. The van der Waals surface area contributed by atoms with Crippen LogP contribution in [-0.4, -0.2) is 10.2 Å². The summed E-state index contributed by atoms with van der Waals surface area (Å²) in [4.78, 5) is 0. The number of anilines is 1. The van der Waals surface area contributed by atoms with Gasteiger partial charge in [-0.2, -0.15) is 0 Å². The second-order valence-corrected chi connectivity index (χ2v) is 3.64. The molecule has 15 heavy (non-hydrogen) atoms. The van der Waals surface area contributed by atoms with Crippen LogP contribution in [0.4, 0.5) is 13.9 Å². The van der Waals surface area contributed by atoms with Crippen molar-refractivity contribution in [2.75, 3.05) is 5.32 Å². The fraction of sp³-hybridized carbons (Fsp3) is 0.111. The first-order chi connectivity index (χ1) is 7.27. The van der Waals surface area contributed by atoms with Crippen LogP contribution in [0.2, 0.25) is 0 Å².